The Kier molecular flexibility index (Phi) is 4.56. The van der Waals surface area contributed by atoms with E-state index >= 15 is 0 Å². The summed E-state index contributed by atoms with van der Waals surface area (Å²) in [6, 6.07) is 13.8. The van der Waals surface area contributed by atoms with Crippen molar-refractivity contribution < 1.29 is 9.84 Å². The van der Waals surface area contributed by atoms with E-state index in [9.17, 15) is 5.11 Å². The second-order valence-corrected chi connectivity index (χ2v) is 5.70. The van der Waals surface area contributed by atoms with Gasteiger partial charge in [-0.2, -0.15) is 5.10 Å². The zero-order valence-corrected chi connectivity index (χ0v) is 14.3. The van der Waals surface area contributed by atoms with Gasteiger partial charge in [-0.15, -0.1) is 0 Å². The smallest absolute Gasteiger partial charge is 0.128 e. The van der Waals surface area contributed by atoms with Gasteiger partial charge in [0.05, 0.1) is 6.61 Å². The fraction of sp³-hybridized carbons (Fsp3) is 0.250. The highest BCUT2D eigenvalue weighted by atomic mass is 16.5. The number of aromatic amines is 1. The summed E-state index contributed by atoms with van der Waals surface area (Å²) in [6.45, 7) is 6.58. The number of aromatic hydroxyl groups is 1. The van der Waals surface area contributed by atoms with Crippen LogP contribution < -0.4 is 4.74 Å². The van der Waals surface area contributed by atoms with Crippen molar-refractivity contribution in [3.05, 3.63) is 53.7 Å². The number of aryl methyl sites for hydroxylation is 2. The van der Waals surface area contributed by atoms with E-state index in [2.05, 4.69) is 17.1 Å². The van der Waals surface area contributed by atoms with E-state index in [0.717, 1.165) is 45.8 Å². The Labute approximate surface area is 142 Å². The van der Waals surface area contributed by atoms with Crippen LogP contribution in [-0.2, 0) is 6.42 Å². The van der Waals surface area contributed by atoms with Gasteiger partial charge in [-0.25, -0.2) is 0 Å². The lowest BCUT2D eigenvalue weighted by Gasteiger charge is -2.13. The van der Waals surface area contributed by atoms with Crippen LogP contribution in [0.25, 0.3) is 22.4 Å². The molecule has 4 heteroatoms. The summed E-state index contributed by atoms with van der Waals surface area (Å²) in [6.07, 6.45) is 0.826. The molecule has 2 aromatic carbocycles. The summed E-state index contributed by atoms with van der Waals surface area (Å²) < 4.78 is 5.63. The molecule has 124 valence electrons. The number of benzene rings is 2. The predicted molar refractivity (Wildman–Crippen MR) is 96.4 cm³/mol. The van der Waals surface area contributed by atoms with Crippen molar-refractivity contribution in [1.29, 1.82) is 0 Å². The van der Waals surface area contributed by atoms with Crippen LogP contribution in [0.3, 0.4) is 0 Å². The van der Waals surface area contributed by atoms with Crippen molar-refractivity contribution in [3.63, 3.8) is 0 Å². The molecule has 0 radical (unpaired) electrons. The van der Waals surface area contributed by atoms with Gasteiger partial charge in [0.15, 0.2) is 0 Å². The molecule has 3 rings (SSSR count). The molecule has 0 unspecified atom stereocenters. The summed E-state index contributed by atoms with van der Waals surface area (Å²) in [7, 11) is 0. The zero-order chi connectivity index (χ0) is 17.1. The Morgan fingerprint density at radius 2 is 1.88 bits per heavy atom. The van der Waals surface area contributed by atoms with E-state index in [0.29, 0.717) is 6.61 Å². The van der Waals surface area contributed by atoms with Gasteiger partial charge in [0, 0.05) is 22.9 Å². The average molecular weight is 322 g/mol. The Bertz CT molecular complexity index is 838. The maximum absolute atomic E-state index is 10.5. The SMILES string of the molecule is CCOc1cc(O)c(-c2n[nH]c(C)c2-c2ccccc2)cc1CC. The average Bonchev–Trinajstić information content (AvgIpc) is 2.97. The minimum Gasteiger partial charge on any atom is -0.507 e. The third kappa shape index (κ3) is 2.87. The number of aromatic nitrogens is 2. The van der Waals surface area contributed by atoms with Crippen LogP contribution in [0.1, 0.15) is 25.1 Å². The maximum Gasteiger partial charge on any atom is 0.128 e. The van der Waals surface area contributed by atoms with Crippen molar-refractivity contribution in [2.24, 2.45) is 0 Å². The van der Waals surface area contributed by atoms with E-state index in [1.807, 2.05) is 50.2 Å². The molecule has 3 aromatic rings. The highest BCUT2D eigenvalue weighted by Crippen LogP contribution is 2.40. The van der Waals surface area contributed by atoms with E-state index in [1.165, 1.54) is 0 Å². The van der Waals surface area contributed by atoms with E-state index in [4.69, 9.17) is 4.74 Å². The summed E-state index contributed by atoms with van der Waals surface area (Å²) in [4.78, 5) is 0. The monoisotopic (exact) mass is 322 g/mol. The van der Waals surface area contributed by atoms with Crippen LogP contribution in [0.4, 0.5) is 0 Å². The van der Waals surface area contributed by atoms with E-state index in [1.54, 1.807) is 6.07 Å². The Balaban J connectivity index is 2.17. The highest BCUT2D eigenvalue weighted by molar-refractivity contribution is 5.85. The van der Waals surface area contributed by atoms with Gasteiger partial charge in [-0.05, 0) is 37.5 Å². The first-order valence-corrected chi connectivity index (χ1v) is 8.25. The van der Waals surface area contributed by atoms with E-state index < -0.39 is 0 Å². The molecule has 4 nitrogen and oxygen atoms in total. The Hall–Kier alpha value is -2.75. The van der Waals surface area contributed by atoms with Crippen molar-refractivity contribution in [2.45, 2.75) is 27.2 Å². The molecule has 1 aromatic heterocycles. The molecule has 0 saturated carbocycles. The number of nitrogens with one attached hydrogen (secondary N) is 1. The molecule has 0 aliphatic heterocycles. The molecular weight excluding hydrogens is 300 g/mol. The number of rotatable bonds is 5. The van der Waals surface area contributed by atoms with Crippen molar-refractivity contribution in [3.8, 4) is 33.9 Å². The number of H-pyrrole nitrogens is 1. The quantitative estimate of drug-likeness (QED) is 0.714. The minimum absolute atomic E-state index is 0.180. The lowest BCUT2D eigenvalue weighted by atomic mass is 9.96. The van der Waals surface area contributed by atoms with Crippen LogP contribution in [0.5, 0.6) is 11.5 Å². The number of nitrogens with zero attached hydrogens (tertiary/aromatic N) is 1. The molecule has 2 N–H and O–H groups in total. The van der Waals surface area contributed by atoms with Crippen LogP contribution in [-0.4, -0.2) is 21.9 Å². The number of hydrogen-bond donors (Lipinski definition) is 2. The Morgan fingerprint density at radius 3 is 2.54 bits per heavy atom. The number of phenols is 1. The predicted octanol–water partition coefficient (Wildman–Crippen LogP) is 4.72. The molecular formula is C20H22N2O2. The molecule has 0 spiro atoms. The number of phenolic OH excluding ortho intramolecular Hbond substituents is 1. The largest absolute Gasteiger partial charge is 0.507 e. The lowest BCUT2D eigenvalue weighted by Crippen LogP contribution is -1.97. The number of hydrogen-bond acceptors (Lipinski definition) is 3. The first kappa shape index (κ1) is 16.1. The van der Waals surface area contributed by atoms with Crippen LogP contribution >= 0.6 is 0 Å². The fourth-order valence-electron chi connectivity index (χ4n) is 2.95. The minimum atomic E-state index is 0.180. The second-order valence-electron chi connectivity index (χ2n) is 5.70. The lowest BCUT2D eigenvalue weighted by molar-refractivity contribution is 0.334. The molecule has 0 aliphatic carbocycles. The number of ether oxygens (including phenoxy) is 1. The fourth-order valence-corrected chi connectivity index (χ4v) is 2.95. The van der Waals surface area contributed by atoms with E-state index in [-0.39, 0.29) is 5.75 Å². The first-order chi connectivity index (χ1) is 11.7. The van der Waals surface area contributed by atoms with Gasteiger partial charge in [0.1, 0.15) is 17.2 Å². The normalized spacial score (nSPS) is 10.8. The van der Waals surface area contributed by atoms with Crippen molar-refractivity contribution >= 4 is 0 Å². The second kappa shape index (κ2) is 6.79. The van der Waals surface area contributed by atoms with Crippen LogP contribution in [0, 0.1) is 6.92 Å². The molecule has 0 amide bonds. The summed E-state index contributed by atoms with van der Waals surface area (Å²) in [5.41, 5.74) is 5.60. The third-order valence-electron chi connectivity index (χ3n) is 4.12. The Morgan fingerprint density at radius 1 is 1.12 bits per heavy atom. The van der Waals surface area contributed by atoms with Gasteiger partial charge in [0.2, 0.25) is 0 Å². The van der Waals surface area contributed by atoms with Gasteiger partial charge in [-0.1, -0.05) is 37.3 Å². The summed E-state index contributed by atoms with van der Waals surface area (Å²) >= 11 is 0. The first-order valence-electron chi connectivity index (χ1n) is 8.25. The molecule has 0 atom stereocenters. The standard InChI is InChI=1S/C20H22N2O2/c1-4-14-11-16(17(23)12-18(14)24-5-2)20-19(13(3)21-22-20)15-9-7-6-8-10-15/h6-12,23H,4-5H2,1-3H3,(H,21,22). The summed E-state index contributed by atoms with van der Waals surface area (Å²) in [5.74, 6) is 0.911. The van der Waals surface area contributed by atoms with Crippen molar-refractivity contribution in [1.82, 2.24) is 10.2 Å². The van der Waals surface area contributed by atoms with Crippen molar-refractivity contribution in [2.75, 3.05) is 6.61 Å². The van der Waals surface area contributed by atoms with Crippen LogP contribution in [0.15, 0.2) is 42.5 Å². The van der Waals surface area contributed by atoms with Crippen LogP contribution in [0.2, 0.25) is 0 Å². The topological polar surface area (TPSA) is 58.1 Å². The third-order valence-corrected chi connectivity index (χ3v) is 4.12. The summed E-state index contributed by atoms with van der Waals surface area (Å²) in [5, 5.41) is 18.0. The molecule has 0 bridgehead atoms. The molecule has 0 aliphatic rings. The van der Waals surface area contributed by atoms with Gasteiger partial charge < -0.3 is 9.84 Å². The van der Waals surface area contributed by atoms with Gasteiger partial charge >= 0.3 is 0 Å². The molecule has 24 heavy (non-hydrogen) atoms. The molecule has 1 heterocycles. The zero-order valence-electron chi connectivity index (χ0n) is 14.3. The molecule has 0 fully saturated rings. The van der Waals surface area contributed by atoms with Gasteiger partial charge in [0.25, 0.3) is 0 Å². The highest BCUT2D eigenvalue weighted by Gasteiger charge is 2.19. The maximum atomic E-state index is 10.5. The molecule has 0 saturated heterocycles. The van der Waals surface area contributed by atoms with Gasteiger partial charge in [-0.3, -0.25) is 5.10 Å².